The monoisotopic (exact) mass is 330 g/mol. The van der Waals surface area contributed by atoms with E-state index in [1.165, 1.54) is 37.3 Å². The van der Waals surface area contributed by atoms with E-state index in [2.05, 4.69) is 20.4 Å². The summed E-state index contributed by atoms with van der Waals surface area (Å²) in [6, 6.07) is 7.42. The second-order valence-electron chi connectivity index (χ2n) is 6.05. The van der Waals surface area contributed by atoms with Crippen molar-refractivity contribution >= 4 is 17.2 Å². The molecule has 0 radical (unpaired) electrons. The number of nitrogens with zero attached hydrogens (tertiary/aromatic N) is 3. The van der Waals surface area contributed by atoms with E-state index in [1.807, 2.05) is 0 Å². The van der Waals surface area contributed by atoms with Gasteiger partial charge in [0.15, 0.2) is 0 Å². The number of fused-ring (bicyclic) bond motifs is 3. The number of aromatic nitrogens is 2. The van der Waals surface area contributed by atoms with Crippen molar-refractivity contribution in [1.29, 1.82) is 0 Å². The lowest BCUT2D eigenvalue weighted by atomic mass is 9.84. The molecule has 3 aliphatic rings. The van der Waals surface area contributed by atoms with Crippen molar-refractivity contribution in [3.8, 4) is 10.9 Å². The highest BCUT2D eigenvalue weighted by atomic mass is 32.1. The molecule has 3 saturated heterocycles. The zero-order valence-electron chi connectivity index (χ0n) is 12.6. The third-order valence-corrected chi connectivity index (χ3v) is 5.20. The molecule has 2 aromatic rings. The van der Waals surface area contributed by atoms with Crippen molar-refractivity contribution in [2.45, 2.75) is 18.9 Å². The number of amides is 1. The Kier molecular flexibility index (Phi) is 3.97. The summed E-state index contributed by atoms with van der Waals surface area (Å²) in [6.45, 7) is 3.33. The zero-order valence-corrected chi connectivity index (χ0v) is 13.5. The van der Waals surface area contributed by atoms with E-state index in [-0.39, 0.29) is 11.9 Å². The van der Waals surface area contributed by atoms with Gasteiger partial charge in [0.25, 0.3) is 11.1 Å². The van der Waals surface area contributed by atoms with Crippen molar-refractivity contribution in [1.82, 2.24) is 20.4 Å². The van der Waals surface area contributed by atoms with Crippen LogP contribution in [0.2, 0.25) is 0 Å². The molecule has 23 heavy (non-hydrogen) atoms. The van der Waals surface area contributed by atoms with Crippen molar-refractivity contribution in [2.24, 2.45) is 5.92 Å². The van der Waals surface area contributed by atoms with Gasteiger partial charge in [0.2, 0.25) is 0 Å². The molecule has 1 amide bonds. The van der Waals surface area contributed by atoms with E-state index < -0.39 is 0 Å². The normalized spacial score (nSPS) is 26.0. The average Bonchev–Trinajstić information content (AvgIpc) is 3.09. The molecule has 5 rings (SSSR count). The van der Waals surface area contributed by atoms with Crippen molar-refractivity contribution in [2.75, 3.05) is 19.6 Å². The highest BCUT2D eigenvalue weighted by Gasteiger charge is 2.34. The molecule has 1 unspecified atom stereocenters. The van der Waals surface area contributed by atoms with E-state index in [9.17, 15) is 4.79 Å². The predicted octanol–water partition coefficient (Wildman–Crippen LogP) is 2.15. The van der Waals surface area contributed by atoms with Crippen LogP contribution in [0.5, 0.6) is 10.9 Å². The summed E-state index contributed by atoms with van der Waals surface area (Å²) >= 11 is 1.33. The molecule has 6 nitrogen and oxygen atoms in total. The minimum absolute atomic E-state index is 0.00813. The Morgan fingerprint density at radius 1 is 1.26 bits per heavy atom. The molecular weight excluding hydrogens is 312 g/mol. The standard InChI is InChI=1S/C16H18N4O2S/c21-15(18-14-9-20-7-5-11(14)6-8-20)12-1-3-13(4-2-12)22-16-19-17-10-23-16/h1-4,10-11,14H,5-9H2,(H,18,21). The minimum Gasteiger partial charge on any atom is -0.430 e. The van der Waals surface area contributed by atoms with Crippen molar-refractivity contribution in [3.05, 3.63) is 35.3 Å². The fourth-order valence-corrected chi connectivity index (χ4v) is 3.79. The Morgan fingerprint density at radius 3 is 2.65 bits per heavy atom. The van der Waals surface area contributed by atoms with Gasteiger partial charge in [0.05, 0.1) is 0 Å². The van der Waals surface area contributed by atoms with E-state index in [4.69, 9.17) is 4.74 Å². The van der Waals surface area contributed by atoms with Crippen LogP contribution >= 0.6 is 11.3 Å². The van der Waals surface area contributed by atoms with Gasteiger partial charge in [-0.3, -0.25) is 4.79 Å². The van der Waals surface area contributed by atoms with Gasteiger partial charge >= 0.3 is 0 Å². The van der Waals surface area contributed by atoms with Crippen LogP contribution in [-0.2, 0) is 0 Å². The summed E-state index contributed by atoms with van der Waals surface area (Å²) in [5, 5.41) is 11.2. The third kappa shape index (κ3) is 3.20. The summed E-state index contributed by atoms with van der Waals surface area (Å²) in [5.74, 6) is 1.27. The highest BCUT2D eigenvalue weighted by Crippen LogP contribution is 2.28. The molecule has 2 bridgehead atoms. The van der Waals surface area contributed by atoms with Gasteiger partial charge in [0, 0.05) is 18.2 Å². The first-order valence-corrected chi connectivity index (χ1v) is 8.73. The highest BCUT2D eigenvalue weighted by molar-refractivity contribution is 7.11. The summed E-state index contributed by atoms with van der Waals surface area (Å²) in [7, 11) is 0. The smallest absolute Gasteiger partial charge is 0.299 e. The molecule has 0 spiro atoms. The van der Waals surface area contributed by atoms with Crippen LogP contribution in [-0.4, -0.2) is 46.7 Å². The quantitative estimate of drug-likeness (QED) is 0.930. The van der Waals surface area contributed by atoms with Gasteiger partial charge in [-0.1, -0.05) is 16.4 Å². The largest absolute Gasteiger partial charge is 0.430 e. The Bertz CT molecular complexity index is 666. The summed E-state index contributed by atoms with van der Waals surface area (Å²) in [4.78, 5) is 14.9. The fourth-order valence-electron chi connectivity index (χ4n) is 3.36. The molecule has 1 aromatic heterocycles. The van der Waals surface area contributed by atoms with Gasteiger partial charge in [-0.05, 0) is 56.1 Å². The first-order valence-electron chi connectivity index (χ1n) is 7.85. The van der Waals surface area contributed by atoms with Crippen LogP contribution in [0.4, 0.5) is 0 Å². The van der Waals surface area contributed by atoms with Crippen LogP contribution in [0.15, 0.2) is 29.8 Å². The molecule has 0 aliphatic carbocycles. The van der Waals surface area contributed by atoms with E-state index in [0.717, 1.165) is 6.54 Å². The Hall–Kier alpha value is -1.99. The van der Waals surface area contributed by atoms with Crippen LogP contribution < -0.4 is 10.1 Å². The van der Waals surface area contributed by atoms with Crippen molar-refractivity contribution < 1.29 is 9.53 Å². The number of nitrogens with one attached hydrogen (secondary N) is 1. The number of ether oxygens (including phenoxy) is 1. The average molecular weight is 330 g/mol. The number of hydrogen-bond donors (Lipinski definition) is 1. The molecule has 4 heterocycles. The number of carbonyl (C=O) groups excluding carboxylic acids is 1. The predicted molar refractivity (Wildman–Crippen MR) is 86.8 cm³/mol. The first kappa shape index (κ1) is 14.6. The second kappa shape index (κ2) is 6.25. The van der Waals surface area contributed by atoms with Crippen LogP contribution in [0.3, 0.4) is 0 Å². The van der Waals surface area contributed by atoms with Gasteiger partial charge in [-0.15, -0.1) is 5.10 Å². The minimum atomic E-state index is -0.00813. The Labute approximate surface area is 138 Å². The Morgan fingerprint density at radius 2 is 2.04 bits per heavy atom. The second-order valence-corrected chi connectivity index (χ2v) is 6.84. The van der Waals surface area contributed by atoms with E-state index >= 15 is 0 Å². The number of rotatable bonds is 4. The van der Waals surface area contributed by atoms with Crippen LogP contribution in [0, 0.1) is 5.92 Å². The molecule has 3 aliphatic heterocycles. The molecule has 0 saturated carbocycles. The first-order chi connectivity index (χ1) is 11.3. The number of hydrogen-bond acceptors (Lipinski definition) is 6. The number of carbonyl (C=O) groups is 1. The maximum Gasteiger partial charge on any atom is 0.299 e. The molecule has 7 heteroatoms. The molecule has 1 N–H and O–H groups in total. The molecule has 3 fully saturated rings. The van der Waals surface area contributed by atoms with E-state index in [1.54, 1.807) is 29.8 Å². The molecular formula is C16H18N4O2S. The Balaban J connectivity index is 1.38. The zero-order chi connectivity index (χ0) is 15.6. The van der Waals surface area contributed by atoms with E-state index in [0.29, 0.717) is 22.4 Å². The van der Waals surface area contributed by atoms with Crippen LogP contribution in [0.1, 0.15) is 23.2 Å². The summed E-state index contributed by atoms with van der Waals surface area (Å²) in [5.41, 5.74) is 2.27. The maximum atomic E-state index is 12.4. The fraction of sp³-hybridized carbons (Fsp3) is 0.438. The molecule has 1 aromatic carbocycles. The lowest BCUT2D eigenvalue weighted by molar-refractivity contribution is 0.0620. The van der Waals surface area contributed by atoms with Gasteiger partial charge in [0.1, 0.15) is 11.3 Å². The lowest BCUT2D eigenvalue weighted by Crippen LogP contribution is -2.57. The van der Waals surface area contributed by atoms with Gasteiger partial charge in [-0.25, -0.2) is 0 Å². The lowest BCUT2D eigenvalue weighted by Gasteiger charge is -2.44. The number of piperidine rings is 3. The molecule has 120 valence electrons. The maximum absolute atomic E-state index is 12.4. The number of benzene rings is 1. The van der Waals surface area contributed by atoms with Crippen LogP contribution in [0.25, 0.3) is 0 Å². The summed E-state index contributed by atoms with van der Waals surface area (Å²) in [6.07, 6.45) is 2.39. The van der Waals surface area contributed by atoms with Gasteiger partial charge < -0.3 is 15.0 Å². The van der Waals surface area contributed by atoms with Crippen molar-refractivity contribution in [3.63, 3.8) is 0 Å². The summed E-state index contributed by atoms with van der Waals surface area (Å²) < 4.78 is 5.55. The SMILES string of the molecule is O=C(NC1CN2CCC1CC2)c1ccc(Oc2nncs2)cc1. The topological polar surface area (TPSA) is 67.4 Å². The van der Waals surface area contributed by atoms with Gasteiger partial charge in [-0.2, -0.15) is 0 Å². The molecule has 1 atom stereocenters. The third-order valence-electron chi connectivity index (χ3n) is 4.63.